The Labute approximate surface area is 147 Å². The lowest BCUT2D eigenvalue weighted by atomic mass is 10.2. The Hall–Kier alpha value is -2.22. The van der Waals surface area contributed by atoms with Gasteiger partial charge in [0.2, 0.25) is 5.89 Å². The highest BCUT2D eigenvalue weighted by molar-refractivity contribution is 5.92. The summed E-state index contributed by atoms with van der Waals surface area (Å²) in [5, 5.41) is 11.2. The molecule has 1 aliphatic rings. The average molecular weight is 346 g/mol. The Morgan fingerprint density at radius 3 is 2.84 bits per heavy atom. The number of aryl methyl sites for hydroxylation is 2. The third kappa shape index (κ3) is 3.89. The molecule has 2 aromatic rings. The van der Waals surface area contributed by atoms with Gasteiger partial charge in [-0.1, -0.05) is 12.1 Å². The number of nitrogens with zero attached hydrogens (tertiary/aromatic N) is 5. The summed E-state index contributed by atoms with van der Waals surface area (Å²) in [5.74, 6) is 0.830. The molecule has 25 heavy (non-hydrogen) atoms. The highest BCUT2D eigenvalue weighted by Crippen LogP contribution is 2.17. The second-order valence-electron chi connectivity index (χ2n) is 6.76. The van der Waals surface area contributed by atoms with Crippen LogP contribution < -0.4 is 5.32 Å². The minimum absolute atomic E-state index is 0.222. The van der Waals surface area contributed by atoms with Gasteiger partial charge < -0.3 is 9.84 Å². The van der Waals surface area contributed by atoms with E-state index in [1.54, 1.807) is 0 Å². The Balaban J connectivity index is 1.70. The highest BCUT2D eigenvalue weighted by atomic mass is 16.5. The molecular weight excluding hydrogens is 320 g/mol. The van der Waals surface area contributed by atoms with Gasteiger partial charge in [0.15, 0.2) is 11.5 Å². The van der Waals surface area contributed by atoms with E-state index in [4.69, 9.17) is 4.52 Å². The predicted octanol–water partition coefficient (Wildman–Crippen LogP) is 1.93. The van der Waals surface area contributed by atoms with Crippen LogP contribution in [0.4, 0.5) is 0 Å². The SMILES string of the molecule is CCc1noc([C@@H](C)NC(=O)c2cc3n(n2)CCCN(C(C)C)C3)n1. The molecule has 0 saturated heterocycles. The van der Waals surface area contributed by atoms with Gasteiger partial charge in [-0.2, -0.15) is 10.1 Å². The van der Waals surface area contributed by atoms with E-state index < -0.39 is 0 Å². The highest BCUT2D eigenvalue weighted by Gasteiger charge is 2.23. The molecule has 0 bridgehead atoms. The quantitative estimate of drug-likeness (QED) is 0.890. The smallest absolute Gasteiger partial charge is 0.272 e. The summed E-state index contributed by atoms with van der Waals surface area (Å²) >= 11 is 0. The van der Waals surface area contributed by atoms with Crippen molar-refractivity contribution in [3.63, 3.8) is 0 Å². The fourth-order valence-corrected chi connectivity index (χ4v) is 2.96. The lowest BCUT2D eigenvalue weighted by Crippen LogP contribution is -2.30. The molecule has 0 saturated carbocycles. The molecule has 3 rings (SSSR count). The number of nitrogens with one attached hydrogen (secondary N) is 1. The van der Waals surface area contributed by atoms with Gasteiger partial charge in [-0.25, -0.2) is 0 Å². The molecule has 0 unspecified atom stereocenters. The van der Waals surface area contributed by atoms with Crippen LogP contribution in [0.1, 0.15) is 68.1 Å². The Morgan fingerprint density at radius 1 is 1.36 bits per heavy atom. The van der Waals surface area contributed by atoms with Crippen molar-refractivity contribution in [1.82, 2.24) is 30.1 Å². The van der Waals surface area contributed by atoms with E-state index in [9.17, 15) is 4.79 Å². The maximum Gasteiger partial charge on any atom is 0.272 e. The largest absolute Gasteiger partial charge is 0.339 e. The molecule has 2 aromatic heterocycles. The first-order valence-corrected chi connectivity index (χ1v) is 8.92. The van der Waals surface area contributed by atoms with Gasteiger partial charge >= 0.3 is 0 Å². The number of fused-ring (bicyclic) bond motifs is 1. The molecule has 0 spiro atoms. The van der Waals surface area contributed by atoms with Crippen molar-refractivity contribution >= 4 is 5.91 Å². The standard InChI is InChI=1S/C17H26N6O2/c1-5-15-19-17(25-21-15)12(4)18-16(24)14-9-13-10-22(11(2)3)7-6-8-23(13)20-14/h9,11-12H,5-8,10H2,1-4H3,(H,18,24)/t12-/m1/s1. The lowest BCUT2D eigenvalue weighted by Gasteiger charge is -2.23. The molecular formula is C17H26N6O2. The van der Waals surface area contributed by atoms with Gasteiger partial charge in [-0.15, -0.1) is 0 Å². The Bertz CT molecular complexity index is 735. The summed E-state index contributed by atoms with van der Waals surface area (Å²) in [6.07, 6.45) is 1.73. The zero-order valence-electron chi connectivity index (χ0n) is 15.3. The number of carbonyl (C=O) groups is 1. The number of hydrogen-bond donors (Lipinski definition) is 1. The van der Waals surface area contributed by atoms with Crippen LogP contribution in [-0.2, 0) is 19.5 Å². The fourth-order valence-electron chi connectivity index (χ4n) is 2.96. The number of amides is 1. The topological polar surface area (TPSA) is 89.1 Å². The fraction of sp³-hybridized carbons (Fsp3) is 0.647. The minimum Gasteiger partial charge on any atom is -0.339 e. The Kier molecular flexibility index (Phi) is 5.17. The van der Waals surface area contributed by atoms with E-state index in [-0.39, 0.29) is 11.9 Å². The van der Waals surface area contributed by atoms with Gasteiger partial charge in [0, 0.05) is 32.1 Å². The van der Waals surface area contributed by atoms with E-state index in [2.05, 4.69) is 39.3 Å². The van der Waals surface area contributed by atoms with Crippen molar-refractivity contribution in [2.75, 3.05) is 6.54 Å². The van der Waals surface area contributed by atoms with E-state index >= 15 is 0 Å². The molecule has 1 N–H and O–H groups in total. The number of rotatable bonds is 5. The second kappa shape index (κ2) is 7.35. The first kappa shape index (κ1) is 17.6. The molecule has 0 fully saturated rings. The van der Waals surface area contributed by atoms with E-state index in [1.807, 2.05) is 24.6 Å². The average Bonchev–Trinajstić information content (AvgIpc) is 3.17. The number of hydrogen-bond acceptors (Lipinski definition) is 6. The summed E-state index contributed by atoms with van der Waals surface area (Å²) < 4.78 is 7.13. The normalized spacial score (nSPS) is 16.5. The minimum atomic E-state index is -0.353. The monoisotopic (exact) mass is 346 g/mol. The summed E-state index contributed by atoms with van der Waals surface area (Å²) in [4.78, 5) is 19.2. The molecule has 0 aromatic carbocycles. The summed E-state index contributed by atoms with van der Waals surface area (Å²) in [7, 11) is 0. The summed E-state index contributed by atoms with van der Waals surface area (Å²) in [6, 6.07) is 2.01. The molecule has 136 valence electrons. The molecule has 1 aliphatic heterocycles. The van der Waals surface area contributed by atoms with Crippen molar-refractivity contribution in [2.24, 2.45) is 0 Å². The molecule has 0 aliphatic carbocycles. The maximum atomic E-state index is 12.5. The van der Waals surface area contributed by atoms with Crippen molar-refractivity contribution in [1.29, 1.82) is 0 Å². The molecule has 1 atom stereocenters. The van der Waals surface area contributed by atoms with Gasteiger partial charge in [-0.05, 0) is 33.3 Å². The van der Waals surface area contributed by atoms with Gasteiger partial charge in [0.05, 0.1) is 5.69 Å². The van der Waals surface area contributed by atoms with Gasteiger partial charge in [0.25, 0.3) is 5.91 Å². The molecule has 8 heteroatoms. The van der Waals surface area contributed by atoms with Crippen LogP contribution in [-0.4, -0.2) is 43.3 Å². The van der Waals surface area contributed by atoms with Crippen LogP contribution >= 0.6 is 0 Å². The zero-order chi connectivity index (χ0) is 18.0. The third-order valence-electron chi connectivity index (χ3n) is 4.52. The first-order valence-electron chi connectivity index (χ1n) is 8.92. The van der Waals surface area contributed by atoms with Crippen LogP contribution in [0.15, 0.2) is 10.6 Å². The zero-order valence-corrected chi connectivity index (χ0v) is 15.3. The number of aromatic nitrogens is 4. The van der Waals surface area contributed by atoms with Crippen LogP contribution in [0.3, 0.4) is 0 Å². The first-order chi connectivity index (χ1) is 12.0. The summed E-state index contributed by atoms with van der Waals surface area (Å²) in [6.45, 7) is 10.9. The van der Waals surface area contributed by atoms with Gasteiger partial charge in [-0.3, -0.25) is 14.4 Å². The molecule has 8 nitrogen and oxygen atoms in total. The predicted molar refractivity (Wildman–Crippen MR) is 91.9 cm³/mol. The lowest BCUT2D eigenvalue weighted by molar-refractivity contribution is 0.0926. The van der Waals surface area contributed by atoms with Crippen LogP contribution in [0.5, 0.6) is 0 Å². The second-order valence-corrected chi connectivity index (χ2v) is 6.76. The van der Waals surface area contributed by atoms with Crippen LogP contribution in [0.2, 0.25) is 0 Å². The van der Waals surface area contributed by atoms with Crippen LogP contribution in [0.25, 0.3) is 0 Å². The van der Waals surface area contributed by atoms with E-state index in [0.717, 1.165) is 31.7 Å². The van der Waals surface area contributed by atoms with E-state index in [0.29, 0.717) is 29.9 Å². The van der Waals surface area contributed by atoms with Crippen molar-refractivity contribution < 1.29 is 9.32 Å². The van der Waals surface area contributed by atoms with Crippen LogP contribution in [0, 0.1) is 0 Å². The maximum absolute atomic E-state index is 12.5. The molecule has 0 radical (unpaired) electrons. The van der Waals surface area contributed by atoms with Gasteiger partial charge in [0.1, 0.15) is 6.04 Å². The number of carbonyl (C=O) groups excluding carboxylic acids is 1. The van der Waals surface area contributed by atoms with E-state index in [1.165, 1.54) is 0 Å². The third-order valence-corrected chi connectivity index (χ3v) is 4.52. The molecule has 1 amide bonds. The van der Waals surface area contributed by atoms with Crippen molar-refractivity contribution in [3.8, 4) is 0 Å². The summed E-state index contributed by atoms with van der Waals surface area (Å²) in [5.41, 5.74) is 1.51. The Morgan fingerprint density at radius 2 is 2.16 bits per heavy atom. The molecule has 3 heterocycles. The van der Waals surface area contributed by atoms with Crippen molar-refractivity contribution in [3.05, 3.63) is 29.2 Å². The van der Waals surface area contributed by atoms with Crippen molar-refractivity contribution in [2.45, 2.75) is 65.7 Å².